The summed E-state index contributed by atoms with van der Waals surface area (Å²) in [6.07, 6.45) is 2.37. The number of halogens is 2. The molecule has 0 unspecified atom stereocenters. The Hall–Kier alpha value is -4.19. The fraction of sp³-hybridized carbons (Fsp3) is 0.452. The van der Waals surface area contributed by atoms with Crippen LogP contribution in [0.2, 0.25) is 0 Å². The number of methoxy groups -OCH3 is 1. The fourth-order valence-electron chi connectivity index (χ4n) is 5.17. The van der Waals surface area contributed by atoms with Gasteiger partial charge in [-0.2, -0.15) is 0 Å². The first kappa shape index (κ1) is 31.7. The number of likely N-dealkylation sites (N-methyl/N-ethyl adjacent to an activating group) is 1. The number of ether oxygens (including phenoxy) is 1. The van der Waals surface area contributed by atoms with Gasteiger partial charge in [0.15, 0.2) is 17.4 Å². The number of fused-ring (bicyclic) bond motifs is 1. The Labute approximate surface area is 249 Å². The Morgan fingerprint density at radius 1 is 1.16 bits per heavy atom. The molecule has 2 amide bonds. The Morgan fingerprint density at radius 2 is 1.91 bits per heavy atom. The van der Waals surface area contributed by atoms with Crippen molar-refractivity contribution >= 4 is 40.0 Å². The van der Waals surface area contributed by atoms with E-state index in [9.17, 15) is 23.2 Å². The number of benzene rings is 2. The van der Waals surface area contributed by atoms with Crippen molar-refractivity contribution in [2.45, 2.75) is 65.1 Å². The highest BCUT2D eigenvalue weighted by Crippen LogP contribution is 2.33. The van der Waals surface area contributed by atoms with Gasteiger partial charge in [-0.1, -0.05) is 26.8 Å². The molecule has 2 heterocycles. The van der Waals surface area contributed by atoms with Crippen LogP contribution in [-0.2, 0) is 20.8 Å². The average molecular weight is 597 g/mol. The number of rotatable bonds is 10. The molecule has 230 valence electrons. The van der Waals surface area contributed by atoms with E-state index in [0.29, 0.717) is 41.6 Å². The number of amides is 2. The summed E-state index contributed by atoms with van der Waals surface area (Å²) >= 11 is 0. The zero-order valence-corrected chi connectivity index (χ0v) is 25.3. The van der Waals surface area contributed by atoms with Crippen LogP contribution in [0, 0.1) is 17.0 Å². The lowest BCUT2D eigenvalue weighted by Crippen LogP contribution is -2.58. The van der Waals surface area contributed by atoms with Crippen molar-refractivity contribution in [1.29, 1.82) is 0 Å². The summed E-state index contributed by atoms with van der Waals surface area (Å²) in [5, 5.41) is 9.05. The maximum Gasteiger partial charge on any atom is 0.246 e. The largest absolute Gasteiger partial charge is 0.496 e. The molecule has 10 nitrogen and oxygen atoms in total. The quantitative estimate of drug-likeness (QED) is 0.322. The summed E-state index contributed by atoms with van der Waals surface area (Å²) in [6.45, 7) is 7.72. The lowest BCUT2D eigenvalue weighted by Gasteiger charge is -2.36. The number of likely N-dealkylation sites (tertiary alicyclic amines) is 1. The number of Topliss-reactive ketones (excluding diaryl/α,β-unsaturated/α-hetero) is 1. The van der Waals surface area contributed by atoms with Crippen LogP contribution in [-0.4, -0.2) is 71.3 Å². The molecule has 4 rings (SSSR count). The van der Waals surface area contributed by atoms with Crippen LogP contribution in [0.1, 0.15) is 46.1 Å². The van der Waals surface area contributed by atoms with Gasteiger partial charge in [0.1, 0.15) is 23.9 Å². The summed E-state index contributed by atoms with van der Waals surface area (Å²) in [5.41, 5.74) is 0.306. The van der Waals surface area contributed by atoms with Crippen molar-refractivity contribution < 1.29 is 27.9 Å². The number of carbonyl (C=O) groups is 3. The van der Waals surface area contributed by atoms with Crippen LogP contribution in [0.3, 0.4) is 0 Å². The number of nitrogens with one attached hydrogen (secondary N) is 3. The van der Waals surface area contributed by atoms with E-state index in [1.807, 2.05) is 20.8 Å². The van der Waals surface area contributed by atoms with E-state index >= 15 is 0 Å². The average Bonchev–Trinajstić information content (AvgIpc) is 3.47. The maximum absolute atomic E-state index is 14.4. The molecule has 0 bridgehead atoms. The number of anilines is 2. The van der Waals surface area contributed by atoms with E-state index in [1.54, 1.807) is 31.0 Å². The van der Waals surface area contributed by atoms with E-state index in [4.69, 9.17) is 4.74 Å². The highest BCUT2D eigenvalue weighted by molar-refractivity contribution is 5.97. The van der Waals surface area contributed by atoms with Gasteiger partial charge in [-0.25, -0.2) is 18.7 Å². The predicted molar refractivity (Wildman–Crippen MR) is 159 cm³/mol. The van der Waals surface area contributed by atoms with E-state index in [1.165, 1.54) is 25.6 Å². The molecule has 0 radical (unpaired) electrons. The van der Waals surface area contributed by atoms with Gasteiger partial charge in [0, 0.05) is 30.0 Å². The molecule has 0 spiro atoms. The smallest absolute Gasteiger partial charge is 0.246 e. The summed E-state index contributed by atoms with van der Waals surface area (Å²) < 4.78 is 33.8. The van der Waals surface area contributed by atoms with Crippen molar-refractivity contribution in [3.63, 3.8) is 0 Å². The topological polar surface area (TPSA) is 126 Å². The molecule has 1 fully saturated rings. The summed E-state index contributed by atoms with van der Waals surface area (Å²) in [5.74, 6) is -2.20. The lowest BCUT2D eigenvalue weighted by atomic mass is 9.85. The second kappa shape index (κ2) is 13.0. The summed E-state index contributed by atoms with van der Waals surface area (Å²) in [6, 6.07) is 5.12. The molecule has 3 aromatic rings. The van der Waals surface area contributed by atoms with Crippen molar-refractivity contribution in [1.82, 2.24) is 25.5 Å². The van der Waals surface area contributed by atoms with Crippen molar-refractivity contribution in [2.24, 2.45) is 5.41 Å². The van der Waals surface area contributed by atoms with Crippen molar-refractivity contribution in [3.8, 4) is 5.75 Å². The minimum Gasteiger partial charge on any atom is -0.496 e. The lowest BCUT2D eigenvalue weighted by molar-refractivity contribution is -0.143. The van der Waals surface area contributed by atoms with Crippen LogP contribution in [0.25, 0.3) is 10.9 Å². The Bertz CT molecular complexity index is 1530. The standard InChI is InChI=1S/C31H38F2N6O4/c1-17(34-5)29(41)38-27(31(2,3)4)30(42)39-12-8-11-23(39)24(40)14-18-13-19-22(15-25(18)43-6)35-16-36-28(19)37-21-10-7-9-20(32)26(21)33/h7,9-10,13,15-17,23,27,34H,8,11-12,14H2,1-6H3,(H,38,41)(H,35,36,37)/t17-,23-,27+/m0/s1. The van der Waals surface area contributed by atoms with E-state index in [0.717, 1.165) is 6.07 Å². The molecule has 1 aliphatic heterocycles. The normalized spacial score (nSPS) is 16.6. The van der Waals surface area contributed by atoms with Crippen LogP contribution >= 0.6 is 0 Å². The Balaban J connectivity index is 1.61. The van der Waals surface area contributed by atoms with Crippen molar-refractivity contribution in [2.75, 3.05) is 26.0 Å². The first-order chi connectivity index (χ1) is 20.3. The maximum atomic E-state index is 14.4. The minimum atomic E-state index is -1.05. The zero-order chi connectivity index (χ0) is 31.5. The van der Waals surface area contributed by atoms with E-state index < -0.39 is 35.2 Å². The molecule has 0 saturated carbocycles. The summed E-state index contributed by atoms with van der Waals surface area (Å²) in [7, 11) is 3.14. The number of hydrogen-bond acceptors (Lipinski definition) is 8. The first-order valence-corrected chi connectivity index (χ1v) is 14.2. The van der Waals surface area contributed by atoms with Crippen LogP contribution in [0.15, 0.2) is 36.7 Å². The predicted octanol–water partition coefficient (Wildman–Crippen LogP) is 3.90. The van der Waals surface area contributed by atoms with Gasteiger partial charge >= 0.3 is 0 Å². The molecule has 12 heteroatoms. The zero-order valence-electron chi connectivity index (χ0n) is 25.3. The van der Waals surface area contributed by atoms with Crippen LogP contribution < -0.4 is 20.7 Å². The SMILES string of the molecule is CN[C@@H](C)C(=O)N[C@H](C(=O)N1CCC[C@H]1C(=O)Cc1cc2c(Nc3cccc(F)c3F)ncnc2cc1OC)C(C)(C)C. The number of hydrogen-bond donors (Lipinski definition) is 3. The number of nitrogens with zero attached hydrogens (tertiary/aromatic N) is 3. The molecule has 0 aliphatic carbocycles. The van der Waals surface area contributed by atoms with Crippen LogP contribution in [0.5, 0.6) is 5.75 Å². The second-order valence-corrected chi connectivity index (χ2v) is 11.8. The molecule has 43 heavy (non-hydrogen) atoms. The van der Waals surface area contributed by atoms with Gasteiger partial charge < -0.3 is 25.6 Å². The number of aromatic nitrogens is 2. The molecule has 3 N–H and O–H groups in total. The summed E-state index contributed by atoms with van der Waals surface area (Å²) in [4.78, 5) is 50.3. The molecule has 2 aromatic carbocycles. The fourth-order valence-corrected chi connectivity index (χ4v) is 5.17. The number of carbonyl (C=O) groups excluding carboxylic acids is 3. The highest BCUT2D eigenvalue weighted by atomic mass is 19.2. The molecule has 1 aromatic heterocycles. The van der Waals surface area contributed by atoms with Gasteiger partial charge in [-0.05, 0) is 50.4 Å². The first-order valence-electron chi connectivity index (χ1n) is 14.2. The van der Waals surface area contributed by atoms with Crippen molar-refractivity contribution in [3.05, 3.63) is 53.9 Å². The second-order valence-electron chi connectivity index (χ2n) is 11.8. The number of ketones is 1. The third kappa shape index (κ3) is 6.90. The van der Waals surface area contributed by atoms with Gasteiger partial charge in [0.05, 0.1) is 30.4 Å². The monoisotopic (exact) mass is 596 g/mol. The third-order valence-corrected chi connectivity index (χ3v) is 7.74. The molecular formula is C31H38F2N6O4. The van der Waals surface area contributed by atoms with E-state index in [2.05, 4.69) is 25.9 Å². The molecule has 1 aliphatic rings. The minimum absolute atomic E-state index is 0.0560. The molecular weight excluding hydrogens is 558 g/mol. The van der Waals surface area contributed by atoms with Gasteiger partial charge in [0.25, 0.3) is 0 Å². The van der Waals surface area contributed by atoms with Gasteiger partial charge in [-0.15, -0.1) is 0 Å². The Morgan fingerprint density at radius 3 is 2.58 bits per heavy atom. The van der Waals surface area contributed by atoms with Gasteiger partial charge in [0.2, 0.25) is 11.8 Å². The van der Waals surface area contributed by atoms with E-state index in [-0.39, 0.29) is 35.5 Å². The molecule has 1 saturated heterocycles. The van der Waals surface area contributed by atoms with Crippen LogP contribution in [0.4, 0.5) is 20.3 Å². The van der Waals surface area contributed by atoms with Gasteiger partial charge in [-0.3, -0.25) is 14.4 Å². The Kier molecular flexibility index (Phi) is 9.59. The molecule has 3 atom stereocenters. The third-order valence-electron chi connectivity index (χ3n) is 7.74. The highest BCUT2D eigenvalue weighted by Gasteiger charge is 2.42.